The first kappa shape index (κ1) is 17.9. The summed E-state index contributed by atoms with van der Waals surface area (Å²) in [7, 11) is 0. The molecule has 3 rings (SSSR count). The molecule has 0 radical (unpaired) electrons. The maximum Gasteiger partial charge on any atom is 0.253 e. The summed E-state index contributed by atoms with van der Waals surface area (Å²) in [6.45, 7) is 2.79. The van der Waals surface area contributed by atoms with Gasteiger partial charge in [0.05, 0.1) is 0 Å². The number of carbonyl (C=O) groups is 1. The molecule has 1 aromatic carbocycles. The van der Waals surface area contributed by atoms with Crippen LogP contribution in [0.15, 0.2) is 18.2 Å². The van der Waals surface area contributed by atoms with E-state index in [-0.39, 0.29) is 18.3 Å². The summed E-state index contributed by atoms with van der Waals surface area (Å²) in [6.07, 6.45) is 4.72. The molecule has 0 spiro atoms. The topological polar surface area (TPSA) is 32.3 Å². The highest BCUT2D eigenvalue weighted by atomic mass is 35.5. The van der Waals surface area contributed by atoms with Gasteiger partial charge in [-0.2, -0.15) is 0 Å². The normalized spacial score (nSPS) is 22.5. The summed E-state index contributed by atoms with van der Waals surface area (Å²) >= 11 is 12.0. The van der Waals surface area contributed by atoms with E-state index in [0.717, 1.165) is 32.5 Å². The first-order valence-corrected chi connectivity index (χ1v) is 8.38. The number of nitrogens with one attached hydrogen (secondary N) is 1. The van der Waals surface area contributed by atoms with E-state index < -0.39 is 0 Å². The molecule has 1 amide bonds. The van der Waals surface area contributed by atoms with E-state index in [1.807, 2.05) is 4.90 Å². The van der Waals surface area contributed by atoms with E-state index >= 15 is 0 Å². The number of amides is 1. The van der Waals surface area contributed by atoms with Crippen molar-refractivity contribution in [3.63, 3.8) is 0 Å². The summed E-state index contributed by atoms with van der Waals surface area (Å²) < 4.78 is 0. The lowest BCUT2D eigenvalue weighted by Crippen LogP contribution is -2.43. The van der Waals surface area contributed by atoms with E-state index in [1.54, 1.807) is 18.2 Å². The van der Waals surface area contributed by atoms with Crippen LogP contribution in [0.25, 0.3) is 0 Å². The number of hydrogen-bond donors (Lipinski definition) is 1. The molecule has 2 fully saturated rings. The molecular weight excluding hydrogens is 343 g/mol. The average molecular weight is 364 g/mol. The Morgan fingerprint density at radius 2 is 1.73 bits per heavy atom. The van der Waals surface area contributed by atoms with Crippen molar-refractivity contribution in [3.05, 3.63) is 33.8 Å². The van der Waals surface area contributed by atoms with Gasteiger partial charge in [0.2, 0.25) is 0 Å². The lowest BCUT2D eigenvalue weighted by molar-refractivity contribution is 0.0674. The summed E-state index contributed by atoms with van der Waals surface area (Å²) in [5.74, 6) is 0.747. The van der Waals surface area contributed by atoms with Gasteiger partial charge in [-0.25, -0.2) is 0 Å². The highest BCUT2D eigenvalue weighted by Gasteiger charge is 2.30. The average Bonchev–Trinajstić information content (AvgIpc) is 3.00. The maximum absolute atomic E-state index is 12.5. The standard InChI is InChI=1S/C16H20Cl2N2O.ClH/c17-13-8-12(9-14(18)10-13)16(21)20-6-3-11(4-7-20)15-2-1-5-19-15;/h8-11,15,19H,1-7H2;1H. The minimum atomic E-state index is 0. The van der Waals surface area contributed by atoms with Gasteiger partial charge in [-0.1, -0.05) is 23.2 Å². The van der Waals surface area contributed by atoms with Gasteiger partial charge >= 0.3 is 0 Å². The molecule has 0 aliphatic carbocycles. The maximum atomic E-state index is 12.5. The van der Waals surface area contributed by atoms with Crippen molar-refractivity contribution in [1.82, 2.24) is 10.2 Å². The molecule has 3 nitrogen and oxygen atoms in total. The summed E-state index contributed by atoms with van der Waals surface area (Å²) in [4.78, 5) is 14.4. The third kappa shape index (κ3) is 4.08. The van der Waals surface area contributed by atoms with Gasteiger partial charge in [0.25, 0.3) is 5.91 Å². The van der Waals surface area contributed by atoms with Crippen LogP contribution < -0.4 is 5.32 Å². The van der Waals surface area contributed by atoms with Crippen molar-refractivity contribution in [2.45, 2.75) is 31.7 Å². The fraction of sp³-hybridized carbons (Fsp3) is 0.562. The molecule has 0 saturated carbocycles. The van der Waals surface area contributed by atoms with E-state index in [2.05, 4.69) is 5.32 Å². The highest BCUT2D eigenvalue weighted by molar-refractivity contribution is 6.35. The summed E-state index contributed by atoms with van der Waals surface area (Å²) in [5.41, 5.74) is 0.588. The van der Waals surface area contributed by atoms with Gasteiger partial charge in [0.15, 0.2) is 0 Å². The Kier molecular flexibility index (Phi) is 6.39. The number of carbonyl (C=O) groups excluding carboxylic acids is 1. The number of piperidine rings is 1. The smallest absolute Gasteiger partial charge is 0.253 e. The zero-order valence-electron chi connectivity index (χ0n) is 12.4. The molecule has 2 aliphatic rings. The number of rotatable bonds is 2. The van der Waals surface area contributed by atoms with Gasteiger partial charge in [0.1, 0.15) is 0 Å². The molecule has 0 bridgehead atoms. The molecule has 22 heavy (non-hydrogen) atoms. The molecule has 1 atom stereocenters. The third-order valence-corrected chi connectivity index (χ3v) is 5.04. The Morgan fingerprint density at radius 3 is 2.27 bits per heavy atom. The largest absolute Gasteiger partial charge is 0.339 e. The second kappa shape index (κ2) is 7.87. The van der Waals surface area contributed by atoms with Crippen molar-refractivity contribution in [3.8, 4) is 0 Å². The minimum absolute atomic E-state index is 0. The van der Waals surface area contributed by atoms with Crippen LogP contribution in [0.3, 0.4) is 0 Å². The Bertz CT molecular complexity index is 504. The molecule has 1 N–H and O–H groups in total. The molecule has 122 valence electrons. The Morgan fingerprint density at radius 1 is 1.09 bits per heavy atom. The third-order valence-electron chi connectivity index (χ3n) is 4.60. The number of benzene rings is 1. The number of halogens is 3. The number of likely N-dealkylation sites (tertiary alicyclic amines) is 1. The number of hydrogen-bond acceptors (Lipinski definition) is 2. The molecule has 1 aromatic rings. The number of nitrogens with zero attached hydrogens (tertiary/aromatic N) is 1. The van der Waals surface area contributed by atoms with Crippen LogP contribution in [-0.4, -0.2) is 36.5 Å². The van der Waals surface area contributed by atoms with Crippen LogP contribution in [0.4, 0.5) is 0 Å². The molecule has 6 heteroatoms. The second-order valence-electron chi connectivity index (χ2n) is 5.99. The zero-order chi connectivity index (χ0) is 14.8. The van der Waals surface area contributed by atoms with E-state index in [0.29, 0.717) is 27.6 Å². The second-order valence-corrected chi connectivity index (χ2v) is 6.86. The molecule has 1 unspecified atom stereocenters. The summed E-state index contributed by atoms with van der Waals surface area (Å²) in [5, 5.41) is 4.60. The van der Waals surface area contributed by atoms with Crippen LogP contribution in [0.2, 0.25) is 10.0 Å². The molecule has 2 saturated heterocycles. The zero-order valence-corrected chi connectivity index (χ0v) is 14.7. The fourth-order valence-corrected chi connectivity index (χ4v) is 4.00. The van der Waals surface area contributed by atoms with Crippen molar-refractivity contribution in [2.75, 3.05) is 19.6 Å². The van der Waals surface area contributed by atoms with E-state index in [1.165, 1.54) is 12.8 Å². The van der Waals surface area contributed by atoms with Crippen LogP contribution in [0.5, 0.6) is 0 Å². The minimum Gasteiger partial charge on any atom is -0.339 e. The fourth-order valence-electron chi connectivity index (χ4n) is 3.48. The van der Waals surface area contributed by atoms with Gasteiger partial charge in [-0.15, -0.1) is 12.4 Å². The molecule has 2 heterocycles. The first-order chi connectivity index (χ1) is 10.1. The molecule has 0 aromatic heterocycles. The van der Waals surface area contributed by atoms with Crippen LogP contribution in [-0.2, 0) is 0 Å². The highest BCUT2D eigenvalue weighted by Crippen LogP contribution is 2.27. The summed E-state index contributed by atoms with van der Waals surface area (Å²) in [6, 6.07) is 5.70. The lowest BCUT2D eigenvalue weighted by Gasteiger charge is -2.35. The van der Waals surface area contributed by atoms with Crippen LogP contribution in [0.1, 0.15) is 36.0 Å². The first-order valence-electron chi connectivity index (χ1n) is 7.62. The van der Waals surface area contributed by atoms with E-state index in [4.69, 9.17) is 23.2 Å². The Balaban J connectivity index is 0.00000176. The van der Waals surface area contributed by atoms with Gasteiger partial charge in [0, 0.05) is 34.7 Å². The monoisotopic (exact) mass is 362 g/mol. The van der Waals surface area contributed by atoms with E-state index in [9.17, 15) is 4.79 Å². The molecular formula is C16H21Cl3N2O. The van der Waals surface area contributed by atoms with Crippen LogP contribution >= 0.6 is 35.6 Å². The van der Waals surface area contributed by atoms with Crippen molar-refractivity contribution >= 4 is 41.5 Å². The van der Waals surface area contributed by atoms with Gasteiger partial charge < -0.3 is 10.2 Å². The van der Waals surface area contributed by atoms with Crippen molar-refractivity contribution in [2.24, 2.45) is 5.92 Å². The molecule has 2 aliphatic heterocycles. The quantitative estimate of drug-likeness (QED) is 0.860. The predicted octanol–water partition coefficient (Wildman–Crippen LogP) is 4.02. The Labute approximate surface area is 147 Å². The van der Waals surface area contributed by atoms with Crippen molar-refractivity contribution in [1.29, 1.82) is 0 Å². The SMILES string of the molecule is Cl.O=C(c1cc(Cl)cc(Cl)c1)N1CCC(C2CCCN2)CC1. The van der Waals surface area contributed by atoms with Crippen molar-refractivity contribution < 1.29 is 4.79 Å². The predicted molar refractivity (Wildman–Crippen MR) is 93.4 cm³/mol. The Hall–Kier alpha value is -0.480. The van der Waals surface area contributed by atoms with Gasteiger partial charge in [-0.05, 0) is 56.3 Å². The van der Waals surface area contributed by atoms with Crippen LogP contribution in [0, 0.1) is 5.92 Å². The lowest BCUT2D eigenvalue weighted by atomic mass is 9.88. The van der Waals surface area contributed by atoms with Gasteiger partial charge in [-0.3, -0.25) is 4.79 Å².